The van der Waals surface area contributed by atoms with Crippen molar-refractivity contribution in [1.82, 2.24) is 9.55 Å². The van der Waals surface area contributed by atoms with Gasteiger partial charge in [-0.2, -0.15) is 0 Å². The molecule has 2 unspecified atom stereocenters. The number of nitrogens with zero attached hydrogens (tertiary/aromatic N) is 2. The van der Waals surface area contributed by atoms with E-state index in [4.69, 9.17) is 5.73 Å². The fraction of sp³-hybridized carbons (Fsp3) is 0.533. The quantitative estimate of drug-likeness (QED) is 0.898. The summed E-state index contributed by atoms with van der Waals surface area (Å²) in [6.07, 6.45) is 5.14. The maximum atomic E-state index is 13.2. The van der Waals surface area contributed by atoms with Crippen molar-refractivity contribution in [2.75, 3.05) is 5.73 Å². The highest BCUT2D eigenvalue weighted by molar-refractivity contribution is 5.78. The normalized spacial score (nSPS) is 23.9. The number of benzene rings is 1. The summed E-state index contributed by atoms with van der Waals surface area (Å²) >= 11 is 0. The number of fused-ring (bicyclic) bond motifs is 1. The lowest BCUT2D eigenvalue weighted by molar-refractivity contribution is 0.259. The van der Waals surface area contributed by atoms with Crippen LogP contribution in [0.3, 0.4) is 0 Å². The van der Waals surface area contributed by atoms with Crippen molar-refractivity contribution >= 4 is 17.0 Å². The molecule has 1 aliphatic rings. The highest BCUT2D eigenvalue weighted by Gasteiger charge is 2.21. The Morgan fingerprint density at radius 2 is 2.26 bits per heavy atom. The second-order valence-corrected chi connectivity index (χ2v) is 5.85. The zero-order chi connectivity index (χ0) is 13.4. The molecule has 2 N–H and O–H groups in total. The van der Waals surface area contributed by atoms with Gasteiger partial charge in [-0.1, -0.05) is 19.8 Å². The SMILES string of the molecule is CC1CCCC(Cn2c(N)nc3cc(F)ccc32)C1. The molecule has 2 atom stereocenters. The van der Waals surface area contributed by atoms with Crippen molar-refractivity contribution in [3.05, 3.63) is 24.0 Å². The first kappa shape index (κ1) is 12.5. The minimum absolute atomic E-state index is 0.261. The molecule has 2 aromatic rings. The summed E-state index contributed by atoms with van der Waals surface area (Å²) in [5, 5.41) is 0. The summed E-state index contributed by atoms with van der Waals surface area (Å²) in [6, 6.07) is 4.70. The van der Waals surface area contributed by atoms with Crippen molar-refractivity contribution in [3.63, 3.8) is 0 Å². The summed E-state index contributed by atoms with van der Waals surface area (Å²) in [4.78, 5) is 4.26. The molecule has 4 heteroatoms. The van der Waals surface area contributed by atoms with Crippen LogP contribution in [0.4, 0.5) is 10.3 Å². The van der Waals surface area contributed by atoms with E-state index < -0.39 is 0 Å². The number of nitrogen functional groups attached to an aromatic ring is 1. The van der Waals surface area contributed by atoms with Crippen LogP contribution in [0.1, 0.15) is 32.6 Å². The van der Waals surface area contributed by atoms with Crippen LogP contribution < -0.4 is 5.73 Å². The summed E-state index contributed by atoms with van der Waals surface area (Å²) < 4.78 is 15.2. The Labute approximate surface area is 112 Å². The Morgan fingerprint density at radius 3 is 3.05 bits per heavy atom. The third kappa shape index (κ3) is 2.44. The van der Waals surface area contributed by atoms with Crippen LogP contribution in [0.2, 0.25) is 0 Å². The van der Waals surface area contributed by atoms with E-state index in [0.29, 0.717) is 17.4 Å². The molecule has 0 bridgehead atoms. The van der Waals surface area contributed by atoms with Gasteiger partial charge in [-0.25, -0.2) is 9.37 Å². The second-order valence-electron chi connectivity index (χ2n) is 5.85. The fourth-order valence-electron chi connectivity index (χ4n) is 3.30. The number of hydrogen-bond acceptors (Lipinski definition) is 2. The highest BCUT2D eigenvalue weighted by atomic mass is 19.1. The van der Waals surface area contributed by atoms with E-state index >= 15 is 0 Å². The van der Waals surface area contributed by atoms with Gasteiger partial charge in [0.25, 0.3) is 0 Å². The Kier molecular flexibility index (Phi) is 3.17. The zero-order valence-corrected chi connectivity index (χ0v) is 11.3. The van der Waals surface area contributed by atoms with Crippen LogP contribution in [-0.4, -0.2) is 9.55 Å². The van der Waals surface area contributed by atoms with Gasteiger partial charge in [-0.3, -0.25) is 0 Å². The minimum atomic E-state index is -0.261. The summed E-state index contributed by atoms with van der Waals surface area (Å²) in [5.41, 5.74) is 7.58. The van der Waals surface area contributed by atoms with Crippen molar-refractivity contribution in [2.45, 2.75) is 39.2 Å². The van der Waals surface area contributed by atoms with Crippen LogP contribution in [0.25, 0.3) is 11.0 Å². The second kappa shape index (κ2) is 4.83. The minimum Gasteiger partial charge on any atom is -0.369 e. The van der Waals surface area contributed by atoms with Gasteiger partial charge in [-0.05, 0) is 36.8 Å². The van der Waals surface area contributed by atoms with E-state index in [1.165, 1.54) is 37.8 Å². The first-order chi connectivity index (χ1) is 9.13. The lowest BCUT2D eigenvalue weighted by Crippen LogP contribution is -2.19. The molecular formula is C15H20FN3. The van der Waals surface area contributed by atoms with E-state index in [-0.39, 0.29) is 5.82 Å². The van der Waals surface area contributed by atoms with Crippen LogP contribution in [0.5, 0.6) is 0 Å². The predicted octanol–water partition coefficient (Wildman–Crippen LogP) is 3.58. The molecule has 1 heterocycles. The van der Waals surface area contributed by atoms with Gasteiger partial charge in [-0.15, -0.1) is 0 Å². The van der Waals surface area contributed by atoms with Gasteiger partial charge in [0, 0.05) is 12.6 Å². The average Bonchev–Trinajstić information content (AvgIpc) is 2.65. The summed E-state index contributed by atoms with van der Waals surface area (Å²) in [5.74, 6) is 1.70. The maximum Gasteiger partial charge on any atom is 0.201 e. The van der Waals surface area contributed by atoms with Gasteiger partial charge in [0.15, 0.2) is 0 Å². The van der Waals surface area contributed by atoms with Gasteiger partial charge in [0.05, 0.1) is 11.0 Å². The standard InChI is InChI=1S/C15H20FN3/c1-10-3-2-4-11(7-10)9-19-14-6-5-12(16)8-13(14)18-15(19)17/h5-6,8,10-11H,2-4,7,9H2,1H3,(H2,17,18). The Morgan fingerprint density at radius 1 is 1.42 bits per heavy atom. The predicted molar refractivity (Wildman–Crippen MR) is 75.2 cm³/mol. The number of halogens is 1. The maximum absolute atomic E-state index is 13.2. The smallest absolute Gasteiger partial charge is 0.201 e. The molecule has 1 aromatic heterocycles. The van der Waals surface area contributed by atoms with Crippen LogP contribution in [0.15, 0.2) is 18.2 Å². The largest absolute Gasteiger partial charge is 0.369 e. The van der Waals surface area contributed by atoms with E-state index in [9.17, 15) is 4.39 Å². The molecule has 0 spiro atoms. The number of anilines is 1. The van der Waals surface area contributed by atoms with E-state index in [1.807, 2.05) is 4.57 Å². The molecule has 1 fully saturated rings. The topological polar surface area (TPSA) is 43.8 Å². The van der Waals surface area contributed by atoms with Crippen LogP contribution >= 0.6 is 0 Å². The van der Waals surface area contributed by atoms with Gasteiger partial charge < -0.3 is 10.3 Å². The molecule has 0 aliphatic heterocycles. The number of nitrogens with two attached hydrogens (primary N) is 1. The molecule has 19 heavy (non-hydrogen) atoms. The van der Waals surface area contributed by atoms with E-state index in [2.05, 4.69) is 11.9 Å². The molecule has 1 aliphatic carbocycles. The third-order valence-electron chi connectivity index (χ3n) is 4.23. The number of hydrogen-bond donors (Lipinski definition) is 1. The molecule has 1 aromatic carbocycles. The highest BCUT2D eigenvalue weighted by Crippen LogP contribution is 2.31. The molecule has 3 nitrogen and oxygen atoms in total. The van der Waals surface area contributed by atoms with Crippen molar-refractivity contribution in [1.29, 1.82) is 0 Å². The lowest BCUT2D eigenvalue weighted by atomic mass is 9.82. The Balaban J connectivity index is 1.89. The van der Waals surface area contributed by atoms with Crippen molar-refractivity contribution < 1.29 is 4.39 Å². The average molecular weight is 261 g/mol. The van der Waals surface area contributed by atoms with Gasteiger partial charge in [0.2, 0.25) is 5.95 Å². The van der Waals surface area contributed by atoms with Crippen LogP contribution in [-0.2, 0) is 6.54 Å². The zero-order valence-electron chi connectivity index (χ0n) is 11.3. The third-order valence-corrected chi connectivity index (χ3v) is 4.23. The number of aromatic nitrogens is 2. The van der Waals surface area contributed by atoms with Crippen molar-refractivity contribution in [3.8, 4) is 0 Å². The van der Waals surface area contributed by atoms with Crippen LogP contribution in [0, 0.1) is 17.7 Å². The fourth-order valence-corrected chi connectivity index (χ4v) is 3.30. The monoisotopic (exact) mass is 261 g/mol. The Hall–Kier alpha value is -1.58. The van der Waals surface area contributed by atoms with Crippen molar-refractivity contribution in [2.24, 2.45) is 11.8 Å². The first-order valence-corrected chi connectivity index (χ1v) is 7.04. The van der Waals surface area contributed by atoms with E-state index in [1.54, 1.807) is 6.07 Å². The number of rotatable bonds is 2. The molecular weight excluding hydrogens is 241 g/mol. The molecule has 1 saturated carbocycles. The van der Waals surface area contributed by atoms with E-state index in [0.717, 1.165) is 18.0 Å². The molecule has 0 saturated heterocycles. The first-order valence-electron chi connectivity index (χ1n) is 7.04. The van der Waals surface area contributed by atoms with Gasteiger partial charge in [0.1, 0.15) is 5.82 Å². The Bertz CT molecular complexity index is 590. The molecule has 102 valence electrons. The summed E-state index contributed by atoms with van der Waals surface area (Å²) in [6.45, 7) is 3.22. The summed E-state index contributed by atoms with van der Waals surface area (Å²) in [7, 11) is 0. The van der Waals surface area contributed by atoms with Gasteiger partial charge >= 0.3 is 0 Å². The number of imidazole rings is 1. The molecule has 0 radical (unpaired) electrons. The lowest BCUT2D eigenvalue weighted by Gasteiger charge is -2.27. The molecule has 0 amide bonds. The molecule has 3 rings (SSSR count).